The summed E-state index contributed by atoms with van der Waals surface area (Å²) in [6, 6.07) is 25.7. The van der Waals surface area contributed by atoms with E-state index >= 15 is 0 Å². The van der Waals surface area contributed by atoms with Crippen LogP contribution in [0.3, 0.4) is 0 Å². The maximum atomic E-state index is 11.1. The number of aliphatic hydroxyl groups is 1. The Balaban J connectivity index is 1.44. The molecule has 0 fully saturated rings. The lowest BCUT2D eigenvalue weighted by Crippen LogP contribution is -2.39. The molecule has 7 nitrogen and oxygen atoms in total. The molecule has 2 atom stereocenters. The summed E-state index contributed by atoms with van der Waals surface area (Å²) < 4.78 is 13.0. The van der Waals surface area contributed by atoms with Gasteiger partial charge >= 0.3 is 5.97 Å². The van der Waals surface area contributed by atoms with Gasteiger partial charge in [0.1, 0.15) is 18.4 Å². The minimum atomic E-state index is -1.12. The van der Waals surface area contributed by atoms with Gasteiger partial charge in [0.2, 0.25) is 11.4 Å². The lowest BCUT2D eigenvalue weighted by atomic mass is 10.0. The van der Waals surface area contributed by atoms with Gasteiger partial charge in [-0.05, 0) is 56.9 Å². The van der Waals surface area contributed by atoms with Crippen LogP contribution in [0.4, 0.5) is 0 Å². The zero-order valence-corrected chi connectivity index (χ0v) is 22.6. The second kappa shape index (κ2) is 13.4. The number of rotatable bonds is 12. The zero-order chi connectivity index (χ0) is 26.9. The maximum absolute atomic E-state index is 11.1. The van der Waals surface area contributed by atoms with Crippen LogP contribution in [0.2, 0.25) is 0 Å². The average molecular weight is 598 g/mol. The predicted octanol–water partition coefficient (Wildman–Crippen LogP) is 5.94. The number of aliphatic hydroxyl groups excluding tert-OH is 1. The smallest absolute Gasteiger partial charge is 0.323 e. The predicted molar refractivity (Wildman–Crippen MR) is 149 cm³/mol. The summed E-state index contributed by atoms with van der Waals surface area (Å²) in [5.74, 6) is -0.272. The highest BCUT2D eigenvalue weighted by molar-refractivity contribution is 9.10. The molecule has 0 amide bonds. The standard InChI is InChI=1S/C29H26BrClN2O5/c30-26-21(10-5-12-23(26)20-8-2-1-3-9-20)18-37-28-24(13-6-14-32-28)27(31)38-22-11-4-7-19(15-22)16-33-25(17-34)29(35)36/h1-15,25,27,33-34H,16-18H2,(H,35,36)/t25?,27-/m0/s1. The number of carboxylic acids is 1. The van der Waals surface area contributed by atoms with E-state index in [0.29, 0.717) is 17.2 Å². The van der Waals surface area contributed by atoms with Crippen molar-refractivity contribution in [3.8, 4) is 22.8 Å². The van der Waals surface area contributed by atoms with Crippen LogP contribution >= 0.6 is 27.5 Å². The Morgan fingerprint density at radius 1 is 1.03 bits per heavy atom. The molecule has 0 radical (unpaired) electrons. The number of hydrogen-bond donors (Lipinski definition) is 3. The van der Waals surface area contributed by atoms with Gasteiger partial charge in [-0.3, -0.25) is 10.1 Å². The number of nitrogens with zero attached hydrogens (tertiary/aromatic N) is 1. The molecule has 0 spiro atoms. The summed E-state index contributed by atoms with van der Waals surface area (Å²) in [5, 5.41) is 21.1. The summed E-state index contributed by atoms with van der Waals surface area (Å²) in [5.41, 5.74) is 3.58. The lowest BCUT2D eigenvalue weighted by molar-refractivity contribution is -0.140. The van der Waals surface area contributed by atoms with Gasteiger partial charge < -0.3 is 19.7 Å². The normalized spacial score (nSPS) is 12.5. The monoisotopic (exact) mass is 596 g/mol. The van der Waals surface area contributed by atoms with Crippen molar-refractivity contribution in [1.29, 1.82) is 0 Å². The van der Waals surface area contributed by atoms with E-state index in [1.54, 1.807) is 36.5 Å². The molecular weight excluding hydrogens is 572 g/mol. The first-order valence-corrected chi connectivity index (χ1v) is 13.1. The van der Waals surface area contributed by atoms with Crippen molar-refractivity contribution >= 4 is 33.5 Å². The van der Waals surface area contributed by atoms with Crippen LogP contribution in [-0.4, -0.2) is 33.8 Å². The lowest BCUT2D eigenvalue weighted by Gasteiger charge is -2.18. The minimum absolute atomic E-state index is 0.236. The molecule has 0 saturated heterocycles. The average Bonchev–Trinajstić information content (AvgIpc) is 2.93. The zero-order valence-electron chi connectivity index (χ0n) is 20.3. The number of carboxylic acid groups (broad SMARTS) is 1. The van der Waals surface area contributed by atoms with E-state index in [-0.39, 0.29) is 13.2 Å². The molecule has 3 N–H and O–H groups in total. The first kappa shape index (κ1) is 27.6. The van der Waals surface area contributed by atoms with E-state index < -0.39 is 24.2 Å². The fourth-order valence-electron chi connectivity index (χ4n) is 3.76. The Hall–Kier alpha value is -3.43. The van der Waals surface area contributed by atoms with Crippen LogP contribution in [0.25, 0.3) is 11.1 Å². The van der Waals surface area contributed by atoms with Crippen molar-refractivity contribution < 1.29 is 24.5 Å². The van der Waals surface area contributed by atoms with Crippen LogP contribution in [-0.2, 0) is 17.9 Å². The molecule has 196 valence electrons. The first-order valence-electron chi connectivity index (χ1n) is 11.8. The summed E-state index contributed by atoms with van der Waals surface area (Å²) in [6.07, 6.45) is 1.63. The molecule has 3 aromatic carbocycles. The Morgan fingerprint density at radius 2 is 1.82 bits per heavy atom. The maximum Gasteiger partial charge on any atom is 0.323 e. The van der Waals surface area contributed by atoms with Gasteiger partial charge in [-0.2, -0.15) is 0 Å². The summed E-state index contributed by atoms with van der Waals surface area (Å²) in [7, 11) is 0. The number of benzene rings is 3. The van der Waals surface area contributed by atoms with E-state index in [9.17, 15) is 9.90 Å². The molecular formula is C29H26BrClN2O5. The van der Waals surface area contributed by atoms with E-state index in [1.165, 1.54) is 0 Å². The molecule has 0 saturated carbocycles. The third-order valence-corrected chi connectivity index (χ3v) is 7.00. The molecule has 4 aromatic rings. The number of aromatic nitrogens is 1. The van der Waals surface area contributed by atoms with E-state index in [4.69, 9.17) is 26.2 Å². The van der Waals surface area contributed by atoms with Gasteiger partial charge in [-0.25, -0.2) is 4.98 Å². The molecule has 0 aliphatic carbocycles. The Bertz CT molecular complexity index is 1370. The van der Waals surface area contributed by atoms with Gasteiger partial charge in [0.05, 0.1) is 12.2 Å². The third kappa shape index (κ3) is 7.11. The van der Waals surface area contributed by atoms with E-state index in [1.807, 2.05) is 42.5 Å². The van der Waals surface area contributed by atoms with Gasteiger partial charge in [0.15, 0.2) is 0 Å². The Labute approximate surface area is 234 Å². The minimum Gasteiger partial charge on any atom is -0.480 e. The molecule has 1 heterocycles. The Morgan fingerprint density at radius 3 is 2.58 bits per heavy atom. The van der Waals surface area contributed by atoms with Crippen molar-refractivity contribution in [3.05, 3.63) is 112 Å². The number of halogens is 2. The van der Waals surface area contributed by atoms with Crippen molar-refractivity contribution in [2.24, 2.45) is 0 Å². The van der Waals surface area contributed by atoms with Crippen molar-refractivity contribution in [1.82, 2.24) is 10.3 Å². The summed E-state index contributed by atoms with van der Waals surface area (Å²) in [4.78, 5) is 15.5. The number of alkyl halides is 1. The van der Waals surface area contributed by atoms with Gasteiger partial charge in [0, 0.05) is 22.8 Å². The number of ether oxygens (including phenoxy) is 2. The number of hydrogen-bond acceptors (Lipinski definition) is 6. The molecule has 1 unspecified atom stereocenters. The van der Waals surface area contributed by atoms with Crippen molar-refractivity contribution in [2.45, 2.75) is 24.8 Å². The summed E-state index contributed by atoms with van der Waals surface area (Å²) >= 11 is 10.4. The van der Waals surface area contributed by atoms with Crippen LogP contribution in [0.15, 0.2) is 95.6 Å². The van der Waals surface area contributed by atoms with Crippen LogP contribution in [0.5, 0.6) is 11.6 Å². The highest BCUT2D eigenvalue weighted by atomic mass is 79.9. The van der Waals surface area contributed by atoms with Crippen LogP contribution in [0.1, 0.15) is 22.3 Å². The van der Waals surface area contributed by atoms with Crippen LogP contribution in [0, 0.1) is 0 Å². The molecule has 0 aliphatic rings. The van der Waals surface area contributed by atoms with Gasteiger partial charge in [-0.1, -0.05) is 72.3 Å². The topological polar surface area (TPSA) is 101 Å². The molecule has 0 bridgehead atoms. The van der Waals surface area contributed by atoms with E-state index in [2.05, 4.69) is 38.4 Å². The van der Waals surface area contributed by atoms with Crippen LogP contribution < -0.4 is 14.8 Å². The second-order valence-electron chi connectivity index (χ2n) is 8.37. The molecule has 38 heavy (non-hydrogen) atoms. The molecule has 0 aliphatic heterocycles. The number of aliphatic carboxylic acids is 1. The van der Waals surface area contributed by atoms with Crippen molar-refractivity contribution in [2.75, 3.05) is 6.61 Å². The number of pyridine rings is 1. The molecule has 4 rings (SSSR count). The summed E-state index contributed by atoms with van der Waals surface area (Å²) in [6.45, 7) is -0.00231. The first-order chi connectivity index (χ1) is 18.5. The van der Waals surface area contributed by atoms with Gasteiger partial charge in [0.25, 0.3) is 0 Å². The fourth-order valence-corrected chi connectivity index (χ4v) is 4.63. The second-order valence-corrected chi connectivity index (χ2v) is 9.56. The molecule has 9 heteroatoms. The largest absolute Gasteiger partial charge is 0.480 e. The molecule has 1 aromatic heterocycles. The highest BCUT2D eigenvalue weighted by Crippen LogP contribution is 2.34. The van der Waals surface area contributed by atoms with Crippen molar-refractivity contribution in [3.63, 3.8) is 0 Å². The number of carbonyl (C=O) groups is 1. The third-order valence-electron chi connectivity index (χ3n) is 5.74. The SMILES string of the molecule is O=C(O)C(CO)NCc1cccc(O[C@H](Cl)c2cccnc2OCc2cccc(-c3ccccc3)c2Br)c1. The Kier molecular flexibility index (Phi) is 9.73. The number of nitrogens with one attached hydrogen (secondary N) is 1. The fraction of sp³-hybridized carbons (Fsp3) is 0.172. The quantitative estimate of drug-likeness (QED) is 0.174. The van der Waals surface area contributed by atoms with E-state index in [0.717, 1.165) is 26.7 Å². The highest BCUT2D eigenvalue weighted by Gasteiger charge is 2.19. The van der Waals surface area contributed by atoms with Gasteiger partial charge in [-0.15, -0.1) is 0 Å².